The standard InChI is InChI=1S/C27H41N5O4/c1-7-32-22(17-30-13-15-31(16-14-30)26(34)28-19(5)6)23(25(33)36-8-2)24(29-27(32)35)21-11-9-20(10-12-21)18(3)4/h9-12,18-19,24H,7-8,13-17H2,1-6H3,(H,28,34)(H,29,35). The van der Waals surface area contributed by atoms with Gasteiger partial charge >= 0.3 is 18.0 Å². The first-order valence-corrected chi connectivity index (χ1v) is 13.0. The molecule has 1 aromatic carbocycles. The second-order valence-electron chi connectivity index (χ2n) is 9.90. The van der Waals surface area contributed by atoms with E-state index in [2.05, 4.69) is 29.4 Å². The minimum absolute atomic E-state index is 0.0618. The van der Waals surface area contributed by atoms with Crippen LogP contribution in [0.25, 0.3) is 0 Å². The molecular formula is C27H41N5O4. The summed E-state index contributed by atoms with van der Waals surface area (Å²) in [6.45, 7) is 15.4. The molecule has 1 atom stereocenters. The zero-order valence-electron chi connectivity index (χ0n) is 22.5. The second-order valence-corrected chi connectivity index (χ2v) is 9.90. The maximum atomic E-state index is 13.3. The van der Waals surface area contributed by atoms with Gasteiger partial charge in [-0.1, -0.05) is 38.1 Å². The largest absolute Gasteiger partial charge is 0.463 e. The SMILES string of the molecule is CCOC(=O)C1=C(CN2CCN(C(=O)NC(C)C)CC2)N(CC)C(=O)NC1c1ccc(C(C)C)cc1. The first-order valence-electron chi connectivity index (χ1n) is 13.0. The molecule has 3 rings (SSSR count). The van der Waals surface area contributed by atoms with Gasteiger partial charge in [0.05, 0.1) is 18.2 Å². The summed E-state index contributed by atoms with van der Waals surface area (Å²) in [6, 6.07) is 7.24. The summed E-state index contributed by atoms with van der Waals surface area (Å²) >= 11 is 0. The van der Waals surface area contributed by atoms with Crippen LogP contribution in [0.2, 0.25) is 0 Å². The summed E-state index contributed by atoms with van der Waals surface area (Å²) in [5.74, 6) is -0.0358. The Hall–Kier alpha value is -3.07. The molecule has 0 radical (unpaired) electrons. The van der Waals surface area contributed by atoms with E-state index in [-0.39, 0.29) is 24.7 Å². The lowest BCUT2D eigenvalue weighted by atomic mass is 9.92. The third-order valence-electron chi connectivity index (χ3n) is 6.63. The molecule has 2 aliphatic heterocycles. The van der Waals surface area contributed by atoms with Crippen LogP contribution in [-0.4, -0.2) is 84.6 Å². The van der Waals surface area contributed by atoms with Crippen LogP contribution in [0.15, 0.2) is 35.5 Å². The fourth-order valence-electron chi connectivity index (χ4n) is 4.64. The van der Waals surface area contributed by atoms with Gasteiger partial charge < -0.3 is 20.3 Å². The van der Waals surface area contributed by atoms with Gasteiger partial charge in [0.2, 0.25) is 0 Å². The normalized spacial score (nSPS) is 19.1. The molecule has 2 N–H and O–H groups in total. The smallest absolute Gasteiger partial charge is 0.338 e. The van der Waals surface area contributed by atoms with Gasteiger partial charge in [0.1, 0.15) is 0 Å². The number of amides is 4. The molecule has 0 aromatic heterocycles. The first-order chi connectivity index (χ1) is 17.2. The molecular weight excluding hydrogens is 458 g/mol. The zero-order valence-corrected chi connectivity index (χ0v) is 22.5. The zero-order chi connectivity index (χ0) is 26.4. The maximum absolute atomic E-state index is 13.3. The number of likely N-dealkylation sites (N-methyl/N-ethyl adjacent to an activating group) is 1. The molecule has 4 amide bonds. The number of rotatable bonds is 8. The summed E-state index contributed by atoms with van der Waals surface area (Å²) in [7, 11) is 0. The van der Waals surface area contributed by atoms with Crippen LogP contribution >= 0.6 is 0 Å². The highest BCUT2D eigenvalue weighted by Gasteiger charge is 2.38. The first kappa shape index (κ1) is 27.5. The Kier molecular flexibility index (Phi) is 9.37. The molecule has 9 heteroatoms. The average Bonchev–Trinajstić information content (AvgIpc) is 2.84. The van der Waals surface area contributed by atoms with Crippen molar-refractivity contribution in [2.24, 2.45) is 0 Å². The monoisotopic (exact) mass is 499 g/mol. The summed E-state index contributed by atoms with van der Waals surface area (Å²) in [4.78, 5) is 44.5. The molecule has 1 saturated heterocycles. The Bertz CT molecular complexity index is 965. The topological polar surface area (TPSA) is 94.2 Å². The lowest BCUT2D eigenvalue weighted by molar-refractivity contribution is -0.139. The molecule has 0 spiro atoms. The number of ether oxygens (including phenoxy) is 1. The predicted molar refractivity (Wildman–Crippen MR) is 140 cm³/mol. The Morgan fingerprint density at radius 1 is 1.06 bits per heavy atom. The van der Waals surface area contributed by atoms with E-state index in [1.165, 1.54) is 5.56 Å². The number of nitrogens with zero attached hydrogens (tertiary/aromatic N) is 3. The van der Waals surface area contributed by atoms with Crippen LogP contribution in [0.4, 0.5) is 9.59 Å². The van der Waals surface area contributed by atoms with E-state index in [0.29, 0.717) is 56.5 Å². The minimum Gasteiger partial charge on any atom is -0.463 e. The number of hydrogen-bond donors (Lipinski definition) is 2. The molecule has 2 aliphatic rings. The number of piperazine rings is 1. The van der Waals surface area contributed by atoms with Crippen LogP contribution in [0.3, 0.4) is 0 Å². The van der Waals surface area contributed by atoms with Crippen LogP contribution in [0.5, 0.6) is 0 Å². The van der Waals surface area contributed by atoms with Crippen molar-refractivity contribution in [3.05, 3.63) is 46.7 Å². The van der Waals surface area contributed by atoms with Crippen molar-refractivity contribution in [3.8, 4) is 0 Å². The summed E-state index contributed by atoms with van der Waals surface area (Å²) in [5, 5.41) is 5.97. The van der Waals surface area contributed by atoms with Gasteiger partial charge in [-0.25, -0.2) is 14.4 Å². The van der Waals surface area contributed by atoms with Crippen molar-refractivity contribution in [2.45, 2.75) is 59.5 Å². The maximum Gasteiger partial charge on any atom is 0.338 e. The van der Waals surface area contributed by atoms with Gasteiger partial charge in [-0.3, -0.25) is 9.80 Å². The average molecular weight is 500 g/mol. The van der Waals surface area contributed by atoms with Crippen LogP contribution in [0, 0.1) is 0 Å². The third kappa shape index (κ3) is 6.37. The van der Waals surface area contributed by atoms with Gasteiger partial charge in [-0.05, 0) is 44.7 Å². The predicted octanol–water partition coefficient (Wildman–Crippen LogP) is 3.45. The Morgan fingerprint density at radius 2 is 1.69 bits per heavy atom. The highest BCUT2D eigenvalue weighted by Crippen LogP contribution is 2.33. The summed E-state index contributed by atoms with van der Waals surface area (Å²) < 4.78 is 5.47. The lowest BCUT2D eigenvalue weighted by Gasteiger charge is -2.40. The van der Waals surface area contributed by atoms with Crippen LogP contribution < -0.4 is 10.6 Å². The van der Waals surface area contributed by atoms with Crippen molar-refractivity contribution in [1.82, 2.24) is 25.3 Å². The van der Waals surface area contributed by atoms with E-state index in [0.717, 1.165) is 5.56 Å². The number of urea groups is 2. The van der Waals surface area contributed by atoms with Gasteiger partial charge in [0.15, 0.2) is 0 Å². The van der Waals surface area contributed by atoms with Crippen molar-refractivity contribution in [1.29, 1.82) is 0 Å². The number of nitrogens with one attached hydrogen (secondary N) is 2. The molecule has 0 bridgehead atoms. The molecule has 36 heavy (non-hydrogen) atoms. The van der Waals surface area contributed by atoms with Gasteiger partial charge in [0.25, 0.3) is 0 Å². The quantitative estimate of drug-likeness (QED) is 0.535. The number of carbonyl (C=O) groups is 3. The highest BCUT2D eigenvalue weighted by molar-refractivity contribution is 5.95. The minimum atomic E-state index is -0.589. The van der Waals surface area contributed by atoms with Crippen molar-refractivity contribution in [2.75, 3.05) is 45.9 Å². The lowest BCUT2D eigenvalue weighted by Crippen LogP contribution is -2.55. The molecule has 1 aromatic rings. The molecule has 2 heterocycles. The summed E-state index contributed by atoms with van der Waals surface area (Å²) in [5.41, 5.74) is 3.17. The number of esters is 1. The molecule has 198 valence electrons. The summed E-state index contributed by atoms with van der Waals surface area (Å²) in [6.07, 6.45) is 0. The Balaban J connectivity index is 1.91. The second kappa shape index (κ2) is 12.3. The van der Waals surface area contributed by atoms with E-state index in [4.69, 9.17) is 4.74 Å². The number of hydrogen-bond acceptors (Lipinski definition) is 5. The number of benzene rings is 1. The molecule has 1 unspecified atom stereocenters. The van der Waals surface area contributed by atoms with Gasteiger partial charge in [-0.2, -0.15) is 0 Å². The van der Waals surface area contributed by atoms with Crippen LogP contribution in [-0.2, 0) is 9.53 Å². The molecule has 9 nitrogen and oxygen atoms in total. The van der Waals surface area contributed by atoms with E-state index in [1.54, 1.807) is 16.7 Å². The van der Waals surface area contributed by atoms with E-state index in [1.807, 2.05) is 45.0 Å². The van der Waals surface area contributed by atoms with Crippen molar-refractivity contribution in [3.63, 3.8) is 0 Å². The van der Waals surface area contributed by atoms with Crippen molar-refractivity contribution < 1.29 is 19.1 Å². The number of carbonyl (C=O) groups excluding carboxylic acids is 3. The highest BCUT2D eigenvalue weighted by atomic mass is 16.5. The van der Waals surface area contributed by atoms with E-state index < -0.39 is 12.0 Å². The van der Waals surface area contributed by atoms with E-state index in [9.17, 15) is 14.4 Å². The van der Waals surface area contributed by atoms with Gasteiger partial charge in [0, 0.05) is 51.0 Å². The van der Waals surface area contributed by atoms with Crippen LogP contribution in [0.1, 0.15) is 64.6 Å². The third-order valence-corrected chi connectivity index (χ3v) is 6.63. The Labute approximate surface area is 214 Å². The van der Waals surface area contributed by atoms with Crippen molar-refractivity contribution >= 4 is 18.0 Å². The fourth-order valence-corrected chi connectivity index (χ4v) is 4.64. The van der Waals surface area contributed by atoms with Gasteiger partial charge in [-0.15, -0.1) is 0 Å². The molecule has 0 saturated carbocycles. The molecule has 0 aliphatic carbocycles. The van der Waals surface area contributed by atoms with E-state index >= 15 is 0 Å². The Morgan fingerprint density at radius 3 is 2.22 bits per heavy atom. The molecule has 1 fully saturated rings. The fraction of sp³-hybridized carbons (Fsp3) is 0.593.